The second-order valence-corrected chi connectivity index (χ2v) is 5.40. The van der Waals surface area contributed by atoms with Gasteiger partial charge in [0.1, 0.15) is 6.29 Å². The lowest BCUT2D eigenvalue weighted by atomic mass is 9.68. The molecule has 0 aromatic heterocycles. The zero-order valence-electron chi connectivity index (χ0n) is 9.18. The maximum absolute atomic E-state index is 10.4. The van der Waals surface area contributed by atoms with Gasteiger partial charge in [-0.15, -0.1) is 0 Å². The van der Waals surface area contributed by atoms with E-state index >= 15 is 0 Å². The molecule has 2 atom stereocenters. The summed E-state index contributed by atoms with van der Waals surface area (Å²) in [7, 11) is 0. The van der Waals surface area contributed by atoms with Crippen LogP contribution in [0.3, 0.4) is 0 Å². The highest BCUT2D eigenvalue weighted by molar-refractivity contribution is 5.49. The highest BCUT2D eigenvalue weighted by atomic mass is 16.1. The molecule has 76 valence electrons. The quantitative estimate of drug-likeness (QED) is 0.611. The van der Waals surface area contributed by atoms with E-state index < -0.39 is 0 Å². The number of carbonyl (C=O) groups is 1. The molecule has 0 radical (unpaired) electrons. The van der Waals surface area contributed by atoms with Gasteiger partial charge in [-0.05, 0) is 30.1 Å². The van der Waals surface area contributed by atoms with Gasteiger partial charge in [0.15, 0.2) is 0 Å². The molecular formula is C12H22O. The van der Waals surface area contributed by atoms with Gasteiger partial charge in [0, 0.05) is 6.42 Å². The fourth-order valence-electron chi connectivity index (χ4n) is 2.59. The Bertz CT molecular complexity index is 172. The number of hydrogen-bond donors (Lipinski definition) is 0. The molecular weight excluding hydrogens is 160 g/mol. The molecule has 1 aliphatic rings. The van der Waals surface area contributed by atoms with Crippen molar-refractivity contribution in [3.63, 3.8) is 0 Å². The van der Waals surface area contributed by atoms with Gasteiger partial charge in [-0.2, -0.15) is 0 Å². The van der Waals surface area contributed by atoms with Gasteiger partial charge in [-0.3, -0.25) is 0 Å². The van der Waals surface area contributed by atoms with Crippen LogP contribution in [0.15, 0.2) is 0 Å². The van der Waals surface area contributed by atoms with Crippen molar-refractivity contribution in [3.8, 4) is 0 Å². The normalized spacial score (nSPS) is 29.6. The molecule has 13 heavy (non-hydrogen) atoms. The Balaban J connectivity index is 2.46. The van der Waals surface area contributed by atoms with Crippen LogP contribution in [-0.4, -0.2) is 6.29 Å². The molecule has 0 saturated heterocycles. The Morgan fingerprint density at radius 2 is 2.23 bits per heavy atom. The summed E-state index contributed by atoms with van der Waals surface area (Å²) in [4.78, 5) is 10.4. The van der Waals surface area contributed by atoms with E-state index in [2.05, 4.69) is 20.8 Å². The van der Waals surface area contributed by atoms with Crippen molar-refractivity contribution in [1.29, 1.82) is 0 Å². The fourth-order valence-corrected chi connectivity index (χ4v) is 2.59. The van der Waals surface area contributed by atoms with E-state index in [0.717, 1.165) is 18.6 Å². The predicted octanol–water partition coefficient (Wildman–Crippen LogP) is 3.43. The van der Waals surface area contributed by atoms with Gasteiger partial charge < -0.3 is 4.79 Å². The topological polar surface area (TPSA) is 17.1 Å². The van der Waals surface area contributed by atoms with Gasteiger partial charge in [-0.1, -0.05) is 33.6 Å². The first-order valence-electron chi connectivity index (χ1n) is 5.49. The summed E-state index contributed by atoms with van der Waals surface area (Å²) in [6.45, 7) is 6.93. The van der Waals surface area contributed by atoms with Crippen LogP contribution < -0.4 is 0 Å². The van der Waals surface area contributed by atoms with Crippen LogP contribution >= 0.6 is 0 Å². The minimum absolute atomic E-state index is 0.514. The first-order chi connectivity index (χ1) is 6.05. The molecule has 1 heteroatoms. The summed E-state index contributed by atoms with van der Waals surface area (Å²) in [5.41, 5.74) is 0.514. The van der Waals surface area contributed by atoms with E-state index in [4.69, 9.17) is 0 Å². The maximum Gasteiger partial charge on any atom is 0.120 e. The summed E-state index contributed by atoms with van der Waals surface area (Å²) in [6.07, 6.45) is 7.17. The Morgan fingerprint density at radius 1 is 1.54 bits per heavy atom. The molecule has 1 nitrogen and oxygen atoms in total. The van der Waals surface area contributed by atoms with Crippen LogP contribution in [0.5, 0.6) is 0 Å². The second kappa shape index (κ2) is 4.26. The predicted molar refractivity (Wildman–Crippen MR) is 55.6 cm³/mol. The van der Waals surface area contributed by atoms with E-state index in [-0.39, 0.29) is 0 Å². The van der Waals surface area contributed by atoms with Crippen LogP contribution in [0.1, 0.15) is 52.9 Å². The van der Waals surface area contributed by atoms with Crippen LogP contribution in [0.4, 0.5) is 0 Å². The van der Waals surface area contributed by atoms with E-state index in [1.807, 2.05) is 0 Å². The summed E-state index contributed by atoms with van der Waals surface area (Å²) >= 11 is 0. The molecule has 0 aliphatic heterocycles. The van der Waals surface area contributed by atoms with Crippen molar-refractivity contribution in [1.82, 2.24) is 0 Å². The van der Waals surface area contributed by atoms with Crippen molar-refractivity contribution < 1.29 is 4.79 Å². The lowest BCUT2D eigenvalue weighted by Crippen LogP contribution is -2.26. The maximum atomic E-state index is 10.4. The van der Waals surface area contributed by atoms with Gasteiger partial charge in [-0.25, -0.2) is 0 Å². The zero-order valence-corrected chi connectivity index (χ0v) is 9.18. The van der Waals surface area contributed by atoms with Gasteiger partial charge in [0.2, 0.25) is 0 Å². The number of aldehydes is 1. The van der Waals surface area contributed by atoms with Crippen molar-refractivity contribution in [2.75, 3.05) is 0 Å². The molecule has 0 spiro atoms. The molecule has 0 heterocycles. The molecule has 0 bridgehead atoms. The molecule has 0 aromatic rings. The summed E-state index contributed by atoms with van der Waals surface area (Å²) in [5, 5.41) is 0. The third kappa shape index (κ3) is 3.13. The summed E-state index contributed by atoms with van der Waals surface area (Å²) < 4.78 is 0. The van der Waals surface area contributed by atoms with Crippen molar-refractivity contribution in [2.45, 2.75) is 52.9 Å². The lowest BCUT2D eigenvalue weighted by Gasteiger charge is -2.37. The molecule has 1 fully saturated rings. The standard InChI is InChI=1S/C12H22O/c1-10(6-8-13)11-5-4-7-12(2,3)9-11/h8,10-11H,4-7,9H2,1-3H3. The van der Waals surface area contributed by atoms with Crippen LogP contribution in [0, 0.1) is 17.3 Å². The van der Waals surface area contributed by atoms with Crippen LogP contribution in [0.2, 0.25) is 0 Å². The largest absolute Gasteiger partial charge is 0.303 e. The number of carbonyl (C=O) groups excluding carboxylic acids is 1. The smallest absolute Gasteiger partial charge is 0.120 e. The monoisotopic (exact) mass is 182 g/mol. The number of hydrogen-bond acceptors (Lipinski definition) is 1. The Morgan fingerprint density at radius 3 is 2.77 bits per heavy atom. The zero-order chi connectivity index (χ0) is 9.90. The van der Waals surface area contributed by atoms with Gasteiger partial charge >= 0.3 is 0 Å². The average Bonchev–Trinajstić information content (AvgIpc) is 2.03. The molecule has 1 aliphatic carbocycles. The van der Waals surface area contributed by atoms with E-state index in [1.165, 1.54) is 25.7 Å². The fraction of sp³-hybridized carbons (Fsp3) is 0.917. The average molecular weight is 182 g/mol. The van der Waals surface area contributed by atoms with Gasteiger partial charge in [0.05, 0.1) is 0 Å². The minimum Gasteiger partial charge on any atom is -0.303 e. The van der Waals surface area contributed by atoms with Crippen molar-refractivity contribution in [2.24, 2.45) is 17.3 Å². The number of rotatable bonds is 3. The Kier molecular flexibility index (Phi) is 3.52. The summed E-state index contributed by atoms with van der Waals surface area (Å²) in [5.74, 6) is 1.38. The van der Waals surface area contributed by atoms with Crippen LogP contribution in [-0.2, 0) is 4.79 Å². The molecule has 1 saturated carbocycles. The van der Waals surface area contributed by atoms with Crippen LogP contribution in [0.25, 0.3) is 0 Å². The van der Waals surface area contributed by atoms with E-state index in [1.54, 1.807) is 0 Å². The van der Waals surface area contributed by atoms with Gasteiger partial charge in [0.25, 0.3) is 0 Å². The molecule has 0 N–H and O–H groups in total. The van der Waals surface area contributed by atoms with Crippen molar-refractivity contribution in [3.05, 3.63) is 0 Å². The molecule has 1 rings (SSSR count). The molecule has 2 unspecified atom stereocenters. The SMILES string of the molecule is CC(CC=O)C1CCCC(C)(C)C1. The second-order valence-electron chi connectivity index (χ2n) is 5.40. The Labute approximate surface area is 81.9 Å². The minimum atomic E-state index is 0.514. The van der Waals surface area contributed by atoms with E-state index in [9.17, 15) is 4.79 Å². The molecule has 0 amide bonds. The van der Waals surface area contributed by atoms with Crippen molar-refractivity contribution >= 4 is 6.29 Å². The molecule has 0 aromatic carbocycles. The third-order valence-electron chi connectivity index (χ3n) is 3.52. The third-order valence-corrected chi connectivity index (χ3v) is 3.52. The lowest BCUT2D eigenvalue weighted by molar-refractivity contribution is -0.109. The highest BCUT2D eigenvalue weighted by Gasteiger charge is 2.30. The first kappa shape index (κ1) is 10.7. The first-order valence-corrected chi connectivity index (χ1v) is 5.49. The Hall–Kier alpha value is -0.330. The van der Waals surface area contributed by atoms with E-state index in [0.29, 0.717) is 11.3 Å². The summed E-state index contributed by atoms with van der Waals surface area (Å²) in [6, 6.07) is 0. The highest BCUT2D eigenvalue weighted by Crippen LogP contribution is 2.41.